The van der Waals surface area contributed by atoms with Gasteiger partial charge in [0.15, 0.2) is 0 Å². The summed E-state index contributed by atoms with van der Waals surface area (Å²) in [5.74, 6) is 0. The van der Waals surface area contributed by atoms with Gasteiger partial charge in [-0.1, -0.05) is 64.7 Å². The Labute approximate surface area is 463 Å². The second kappa shape index (κ2) is 69.3. The average molecular weight is 1150 g/mol. The lowest BCUT2D eigenvalue weighted by atomic mass is 10.1. The van der Waals surface area contributed by atoms with Gasteiger partial charge in [0.05, 0.1) is 264 Å². The summed E-state index contributed by atoms with van der Waals surface area (Å²) in [6, 6.07) is 0. The van der Waals surface area contributed by atoms with Crippen LogP contribution in [-0.4, -0.2) is 284 Å². The van der Waals surface area contributed by atoms with Gasteiger partial charge in [0.25, 0.3) is 0 Å². The Morgan fingerprint density at radius 1 is 0.195 bits per heavy atom. The molecule has 0 bridgehead atoms. The van der Waals surface area contributed by atoms with Crippen LogP contribution in [0.3, 0.4) is 0 Å². The maximum Gasteiger partial charge on any atom is 0.397 e. The van der Waals surface area contributed by atoms with Crippen molar-refractivity contribution in [1.29, 1.82) is 0 Å². The molecule has 0 aliphatic carbocycles. The highest BCUT2D eigenvalue weighted by atomic mass is 32.3. The first-order valence-electron chi connectivity index (χ1n) is 28.2. The van der Waals surface area contributed by atoms with E-state index in [9.17, 15) is 8.42 Å². The lowest BCUT2D eigenvalue weighted by molar-refractivity contribution is -0.0314. The van der Waals surface area contributed by atoms with Crippen molar-refractivity contribution >= 4 is 10.4 Å². The molecule has 1 N–H and O–H groups in total. The minimum absolute atomic E-state index is 0.0243. The van der Waals surface area contributed by atoms with Gasteiger partial charge in [0.1, 0.15) is 0 Å². The molecule has 0 aromatic heterocycles. The fourth-order valence-corrected chi connectivity index (χ4v) is 6.45. The van der Waals surface area contributed by atoms with E-state index in [-0.39, 0.29) is 19.8 Å². The molecular weight excluding hydrogens is 1040 g/mol. The van der Waals surface area contributed by atoms with E-state index in [1.165, 1.54) is 57.8 Å². The molecule has 24 nitrogen and oxygen atoms in total. The van der Waals surface area contributed by atoms with Gasteiger partial charge in [-0.2, -0.15) is 8.42 Å². The Morgan fingerprint density at radius 3 is 0.481 bits per heavy atom. The van der Waals surface area contributed by atoms with Crippen LogP contribution >= 0.6 is 0 Å². The summed E-state index contributed by atoms with van der Waals surface area (Å²) in [5.41, 5.74) is 0. The van der Waals surface area contributed by atoms with Gasteiger partial charge in [-0.15, -0.1) is 0 Å². The standard InChI is InChI=1S/C52H106O24S/c1-2-3-4-5-6-7-8-9-10-11-12-56-13-14-57-15-16-58-17-18-59-19-20-60-21-22-61-23-24-62-25-26-63-27-28-64-29-30-65-31-32-66-33-34-67-35-36-68-37-38-69-39-40-70-41-42-71-43-44-72-45-46-73-47-48-74-49-50-75-51-52-76-77(53,54)55/h2-52H2,1H3,(H,53,54,55). The van der Waals surface area contributed by atoms with E-state index >= 15 is 0 Å². The van der Waals surface area contributed by atoms with E-state index in [0.29, 0.717) is 244 Å². The average Bonchev–Trinajstić information content (AvgIpc) is 3.42. The summed E-state index contributed by atoms with van der Waals surface area (Å²) in [5, 5.41) is 0. The van der Waals surface area contributed by atoms with E-state index in [0.717, 1.165) is 13.0 Å². The summed E-state index contributed by atoms with van der Waals surface area (Å²) in [4.78, 5) is 0. The van der Waals surface area contributed by atoms with Crippen LogP contribution in [0.5, 0.6) is 0 Å². The smallest absolute Gasteiger partial charge is 0.379 e. The largest absolute Gasteiger partial charge is 0.397 e. The molecule has 25 heteroatoms. The topological polar surface area (TPSA) is 248 Å². The van der Waals surface area contributed by atoms with Gasteiger partial charge in [-0.3, -0.25) is 4.55 Å². The van der Waals surface area contributed by atoms with Gasteiger partial charge in [-0.05, 0) is 6.42 Å². The Balaban J connectivity index is 3.08. The molecule has 0 rings (SSSR count). The zero-order chi connectivity index (χ0) is 55.4. The zero-order valence-corrected chi connectivity index (χ0v) is 48.1. The number of ether oxygens (including phenoxy) is 20. The second-order valence-electron chi connectivity index (χ2n) is 16.7. The van der Waals surface area contributed by atoms with E-state index in [1.54, 1.807) is 0 Å². The highest BCUT2D eigenvalue weighted by Gasteiger charge is 2.04. The highest BCUT2D eigenvalue weighted by Crippen LogP contribution is 2.10. The second-order valence-corrected chi connectivity index (χ2v) is 17.8. The van der Waals surface area contributed by atoms with Crippen molar-refractivity contribution in [2.75, 3.05) is 271 Å². The monoisotopic (exact) mass is 1150 g/mol. The van der Waals surface area contributed by atoms with Crippen LogP contribution in [0.15, 0.2) is 0 Å². The molecule has 464 valence electrons. The van der Waals surface area contributed by atoms with E-state index in [2.05, 4.69) is 11.1 Å². The SMILES string of the molecule is CCCCCCCCCCCCOCCOCCOCCOCCOCCOCCOCCOCCOCCOCCOCCOCCOCCOCCOCCOCCOCCOCCOCCOCCOS(=O)(=O)O. The summed E-state index contributed by atoms with van der Waals surface area (Å²) in [6.07, 6.45) is 13.3. The Hall–Kier alpha value is -0.930. The number of hydrogen-bond donors (Lipinski definition) is 1. The summed E-state index contributed by atoms with van der Waals surface area (Å²) < 4.78 is 143. The molecule has 0 spiro atoms. The third-order valence-corrected chi connectivity index (χ3v) is 10.6. The number of hydrogen-bond acceptors (Lipinski definition) is 23. The van der Waals surface area contributed by atoms with Crippen LogP contribution in [0.2, 0.25) is 0 Å². The third-order valence-electron chi connectivity index (χ3n) is 10.2. The Morgan fingerprint density at radius 2 is 0.325 bits per heavy atom. The number of rotatable bonds is 72. The lowest BCUT2D eigenvalue weighted by Crippen LogP contribution is -2.16. The molecular formula is C52H106O24S. The minimum atomic E-state index is -4.43. The molecule has 0 aromatic rings. The normalized spacial score (nSPS) is 12.0. The lowest BCUT2D eigenvalue weighted by Gasteiger charge is -2.09. The molecule has 0 unspecified atom stereocenters. The molecule has 0 aromatic carbocycles. The van der Waals surface area contributed by atoms with Gasteiger partial charge in [0, 0.05) is 6.61 Å². The third kappa shape index (κ3) is 75.1. The van der Waals surface area contributed by atoms with Crippen LogP contribution in [0.1, 0.15) is 71.1 Å². The highest BCUT2D eigenvalue weighted by molar-refractivity contribution is 7.80. The first kappa shape index (κ1) is 76.1. The molecule has 0 aliphatic rings. The van der Waals surface area contributed by atoms with Gasteiger partial charge in [-0.25, -0.2) is 4.18 Å². The van der Waals surface area contributed by atoms with Crippen LogP contribution in [0, 0.1) is 0 Å². The van der Waals surface area contributed by atoms with Gasteiger partial charge in [0.2, 0.25) is 0 Å². The first-order chi connectivity index (χ1) is 38.1. The van der Waals surface area contributed by atoms with Gasteiger partial charge < -0.3 is 94.7 Å². The van der Waals surface area contributed by atoms with E-state index in [1.807, 2.05) is 0 Å². The van der Waals surface area contributed by atoms with E-state index < -0.39 is 10.4 Å². The first-order valence-corrected chi connectivity index (χ1v) is 29.6. The van der Waals surface area contributed by atoms with E-state index in [4.69, 9.17) is 99.3 Å². The maximum absolute atomic E-state index is 10.4. The molecule has 0 aliphatic heterocycles. The minimum Gasteiger partial charge on any atom is -0.379 e. The fraction of sp³-hybridized carbons (Fsp3) is 1.00. The number of unbranched alkanes of at least 4 members (excludes halogenated alkanes) is 9. The summed E-state index contributed by atoms with van der Waals surface area (Å²) in [6.45, 7) is 21.0. The molecule has 77 heavy (non-hydrogen) atoms. The van der Waals surface area contributed by atoms with Crippen LogP contribution in [0.25, 0.3) is 0 Å². The summed E-state index contributed by atoms with van der Waals surface area (Å²) >= 11 is 0. The molecule has 0 saturated heterocycles. The maximum atomic E-state index is 10.4. The van der Waals surface area contributed by atoms with Crippen molar-refractivity contribution in [1.82, 2.24) is 0 Å². The van der Waals surface area contributed by atoms with Crippen molar-refractivity contribution in [3.8, 4) is 0 Å². The Kier molecular flexibility index (Phi) is 68.5. The predicted molar refractivity (Wildman–Crippen MR) is 286 cm³/mol. The Bertz CT molecular complexity index is 1170. The van der Waals surface area contributed by atoms with Crippen LogP contribution in [-0.2, 0) is 109 Å². The van der Waals surface area contributed by atoms with Crippen molar-refractivity contribution in [3.05, 3.63) is 0 Å². The fourth-order valence-electron chi connectivity index (χ4n) is 6.17. The van der Waals surface area contributed by atoms with Crippen molar-refractivity contribution in [2.24, 2.45) is 0 Å². The quantitative estimate of drug-likeness (QED) is 0.0666. The molecule has 0 heterocycles. The van der Waals surface area contributed by atoms with Crippen molar-refractivity contribution in [3.63, 3.8) is 0 Å². The van der Waals surface area contributed by atoms with Crippen LogP contribution in [0.4, 0.5) is 0 Å². The zero-order valence-electron chi connectivity index (χ0n) is 47.3. The molecule has 0 saturated carbocycles. The molecule has 0 fully saturated rings. The van der Waals surface area contributed by atoms with Crippen molar-refractivity contribution < 1.29 is 112 Å². The van der Waals surface area contributed by atoms with Crippen molar-refractivity contribution in [2.45, 2.75) is 71.1 Å². The van der Waals surface area contributed by atoms with Gasteiger partial charge >= 0.3 is 10.4 Å². The molecule has 0 radical (unpaired) electrons. The molecule has 0 amide bonds. The summed E-state index contributed by atoms with van der Waals surface area (Å²) in [7, 11) is -4.43. The molecule has 0 atom stereocenters. The van der Waals surface area contributed by atoms with Crippen LogP contribution < -0.4 is 0 Å². The predicted octanol–water partition coefficient (Wildman–Crippen LogP) is 4.06.